The van der Waals surface area contributed by atoms with Crippen molar-refractivity contribution in [1.29, 1.82) is 0 Å². The van der Waals surface area contributed by atoms with Crippen LogP contribution in [0.3, 0.4) is 0 Å². The minimum absolute atomic E-state index is 0.00718. The van der Waals surface area contributed by atoms with Gasteiger partial charge in [-0.1, -0.05) is 131 Å². The number of rotatable bonds is 14. The van der Waals surface area contributed by atoms with E-state index < -0.39 is 88.2 Å². The first kappa shape index (κ1) is 74.0. The summed E-state index contributed by atoms with van der Waals surface area (Å²) in [5.74, 6) is -0.392. The van der Waals surface area contributed by atoms with Crippen LogP contribution in [0.4, 0.5) is 0 Å². The van der Waals surface area contributed by atoms with Gasteiger partial charge < -0.3 is 56.3 Å². The van der Waals surface area contributed by atoms with Crippen LogP contribution in [0.15, 0.2) is 24.3 Å². The van der Waals surface area contributed by atoms with Crippen LogP contribution < -0.4 is 0 Å². The molecule has 0 saturated carbocycles. The predicted octanol–water partition coefficient (Wildman–Crippen LogP) is 15.2. The first-order valence-corrected chi connectivity index (χ1v) is 45.3. The van der Waals surface area contributed by atoms with E-state index in [2.05, 4.69) is 184 Å². The quantitative estimate of drug-likeness (QED) is 0.0736. The van der Waals surface area contributed by atoms with E-state index in [1.54, 1.807) is 14.2 Å². The summed E-state index contributed by atoms with van der Waals surface area (Å²) in [7, 11) is -5.90. The predicted molar refractivity (Wildman–Crippen MR) is 356 cm³/mol. The molecule has 13 nitrogen and oxygen atoms in total. The lowest BCUT2D eigenvalue weighted by atomic mass is 9.82. The Hall–Kier alpha value is 0.268. The number of methoxy groups -OCH3 is 2. The number of allylic oxidation sites excluding steroid dienone is 1. The Balaban J connectivity index is 1.55. The van der Waals surface area contributed by atoms with Gasteiger partial charge >= 0.3 is 0 Å². The molecule has 83 heavy (non-hydrogen) atoms. The summed E-state index contributed by atoms with van der Waals surface area (Å²) >= 11 is 2.50. The molecule has 0 aliphatic carbocycles. The van der Waals surface area contributed by atoms with Crippen LogP contribution in [0.5, 0.6) is 0 Å². The molecule has 5 rings (SSSR count). The van der Waals surface area contributed by atoms with Crippen LogP contribution in [0.25, 0.3) is 0 Å². The molecule has 484 valence electrons. The number of carbonyl (C=O) groups is 1. The molecule has 0 amide bonds. The Kier molecular flexibility index (Phi) is 26.1. The molecule has 0 aromatic heterocycles. The lowest BCUT2D eigenvalue weighted by molar-refractivity contribution is -0.190. The number of ether oxygens (including phenoxy) is 6. The van der Waals surface area contributed by atoms with E-state index in [-0.39, 0.29) is 93.2 Å². The van der Waals surface area contributed by atoms with E-state index in [1.165, 1.54) is 0 Å². The van der Waals surface area contributed by atoms with Crippen LogP contribution >= 0.6 is 22.6 Å². The van der Waals surface area contributed by atoms with E-state index in [0.717, 1.165) is 54.9 Å². The first-order chi connectivity index (χ1) is 38.0. The lowest BCUT2D eigenvalue weighted by Gasteiger charge is -2.46. The van der Waals surface area contributed by atoms with Gasteiger partial charge in [-0.05, 0) is 135 Å². The number of carbonyl (C=O) groups excluding carboxylic acids is 1. The molecule has 2 N–H and O–H groups in total. The van der Waals surface area contributed by atoms with Gasteiger partial charge in [-0.25, -0.2) is 0 Å². The molecule has 4 fully saturated rings. The van der Waals surface area contributed by atoms with Gasteiger partial charge in [-0.2, -0.15) is 0 Å². The summed E-state index contributed by atoms with van der Waals surface area (Å²) in [6, 6.07) is 0. The number of aliphatic hydroxyl groups excluding tert-OH is 2. The first-order valence-electron chi connectivity index (χ1n) is 32.2. The monoisotopic (exact) mass is 1350 g/mol. The lowest BCUT2D eigenvalue weighted by Crippen LogP contribution is -2.56. The zero-order valence-electron chi connectivity index (χ0n) is 56.7. The topological polar surface area (TPSA) is 150 Å². The number of Topliss-reactive ketones (excluding diaryl/α,β-unsaturated/α-hetero) is 1. The fourth-order valence-electron chi connectivity index (χ4n) is 12.1. The number of ketones is 1. The van der Waals surface area contributed by atoms with E-state index in [0.29, 0.717) is 32.3 Å². The molecular formula is C65H123IO13Si4. The van der Waals surface area contributed by atoms with Gasteiger partial charge in [0.1, 0.15) is 23.6 Å². The summed E-state index contributed by atoms with van der Waals surface area (Å²) < 4.78 is 70.5. The summed E-state index contributed by atoms with van der Waals surface area (Å²) in [5.41, 5.74) is 0.391. The highest BCUT2D eigenvalue weighted by Gasteiger charge is 2.54. The standard InChI is InChI=1S/C65H123IO13Si4/c1-43-34-47-31-33-57-65(42-66,76-47)40-49(73-57)29-27-25-26-28-48(77-81(19,20)62(6,7)8)37-55(79-83(23,24)64(12,13)14)58(69)60-53(70-15)32-30-46(74-60)35-45(67)36-51-54(39-52(68)44(43)2)75-56(59(51)71-16)38-50(78-82(21,22)63(9,10)11)41-72-80(17,18)61(3,4)5/h26,28,43,46-60,68-69H,2,25,27,29-42H2,1,3-24H3/b28-26+/t43-,46?,47?,48?,49?,50?,51?,52?,53+,54?,55?,56?,57+,58-,59-,60?,65?/m1/s1. The Morgan fingerprint density at radius 1 is 0.711 bits per heavy atom. The molecule has 4 saturated heterocycles. The molecule has 18 heteroatoms. The maximum atomic E-state index is 15.0. The molecule has 0 spiro atoms. The van der Waals surface area contributed by atoms with Gasteiger partial charge in [0.2, 0.25) is 0 Å². The Labute approximate surface area is 524 Å². The van der Waals surface area contributed by atoms with Crippen molar-refractivity contribution in [2.24, 2.45) is 11.8 Å². The molecule has 5 aliphatic heterocycles. The molecule has 5 bridgehead atoms. The smallest absolute Gasteiger partial charge is 0.192 e. The van der Waals surface area contributed by atoms with Crippen molar-refractivity contribution in [3.8, 4) is 0 Å². The number of hydrogen-bond donors (Lipinski definition) is 2. The Bertz CT molecular complexity index is 2100. The third-order valence-corrected chi connectivity index (χ3v) is 41.1. The van der Waals surface area contributed by atoms with Gasteiger partial charge in [-0.3, -0.25) is 4.79 Å². The summed E-state index contributed by atoms with van der Waals surface area (Å²) in [6.45, 7) is 52.4. The van der Waals surface area contributed by atoms with Crippen molar-refractivity contribution in [3.05, 3.63) is 24.3 Å². The summed E-state index contributed by atoms with van der Waals surface area (Å²) in [5, 5.41) is 25.1. The number of fused-ring (bicyclic) bond motifs is 5. The van der Waals surface area contributed by atoms with Crippen LogP contribution in [0.1, 0.15) is 180 Å². The molecule has 5 aliphatic rings. The van der Waals surface area contributed by atoms with Gasteiger partial charge in [0.05, 0.1) is 79.9 Å². The number of alkyl halides is 1. The zero-order chi connectivity index (χ0) is 62.7. The van der Waals surface area contributed by atoms with E-state index in [9.17, 15) is 15.0 Å². The minimum Gasteiger partial charge on any atom is -0.414 e. The van der Waals surface area contributed by atoms with E-state index >= 15 is 0 Å². The average Bonchev–Trinajstić information content (AvgIpc) is 4.09. The fourth-order valence-corrected chi connectivity index (χ4v) is 18.1. The van der Waals surface area contributed by atoms with Crippen LogP contribution in [-0.4, -0.2) is 166 Å². The third-order valence-electron chi connectivity index (χ3n) is 21.8. The minimum atomic E-state index is -2.49. The van der Waals surface area contributed by atoms with Crippen molar-refractivity contribution >= 4 is 61.6 Å². The maximum absolute atomic E-state index is 15.0. The molecule has 12 unspecified atom stereocenters. The highest BCUT2D eigenvalue weighted by Crippen LogP contribution is 2.48. The molecule has 0 aromatic carbocycles. The second-order valence-electron chi connectivity index (χ2n) is 32.3. The van der Waals surface area contributed by atoms with Gasteiger partial charge in [0.15, 0.2) is 33.3 Å². The average molecular weight is 1350 g/mol. The van der Waals surface area contributed by atoms with Crippen LogP contribution in [0.2, 0.25) is 72.5 Å². The van der Waals surface area contributed by atoms with Crippen LogP contribution in [-0.2, 0) is 50.9 Å². The maximum Gasteiger partial charge on any atom is 0.192 e. The van der Waals surface area contributed by atoms with Gasteiger partial charge in [-0.15, -0.1) is 0 Å². The number of aliphatic hydroxyl groups is 2. The second kappa shape index (κ2) is 29.3. The SMILES string of the molecule is C=C1C(O)CC2OC(CC(CO[Si](C)(C)C(C)(C)C)O[Si](C)(C)C(C)(C)C)[C@H](OC)C2CC(=O)CC2CC[C@H](OC)C(O2)[C@H](O)C(O[Si](C)(C)C(C)(C)C)CC(O[Si](C)(C)C(C)(C)C)/C=C/CCCC2CC3(CI)OC(CC[C@@H]3O2)C[C@H]1C. The molecular weight excluding hydrogens is 1230 g/mol. The zero-order valence-corrected chi connectivity index (χ0v) is 62.8. The van der Waals surface area contributed by atoms with Gasteiger partial charge in [0, 0.05) is 63.1 Å². The number of hydrogen-bond acceptors (Lipinski definition) is 13. The van der Waals surface area contributed by atoms with Crippen LogP contribution in [0, 0.1) is 11.8 Å². The largest absolute Gasteiger partial charge is 0.414 e. The molecule has 17 atom stereocenters. The highest BCUT2D eigenvalue weighted by molar-refractivity contribution is 14.1. The summed E-state index contributed by atoms with van der Waals surface area (Å²) in [6.07, 6.45) is 7.30. The van der Waals surface area contributed by atoms with Crippen molar-refractivity contribution in [3.63, 3.8) is 0 Å². The Morgan fingerprint density at radius 3 is 1.89 bits per heavy atom. The molecule has 5 heterocycles. The summed E-state index contributed by atoms with van der Waals surface area (Å²) in [4.78, 5) is 15.0. The fraction of sp³-hybridized carbons (Fsp3) is 0.923. The Morgan fingerprint density at radius 2 is 1.31 bits per heavy atom. The van der Waals surface area contributed by atoms with E-state index in [1.807, 2.05) is 0 Å². The van der Waals surface area contributed by atoms with Crippen molar-refractivity contribution in [2.75, 3.05) is 25.3 Å². The normalized spacial score (nSPS) is 36.0. The van der Waals surface area contributed by atoms with Crippen molar-refractivity contribution in [2.45, 2.75) is 343 Å². The van der Waals surface area contributed by atoms with Crippen molar-refractivity contribution in [1.82, 2.24) is 0 Å². The van der Waals surface area contributed by atoms with Gasteiger partial charge in [0.25, 0.3) is 0 Å². The number of halogens is 1. The molecule has 0 radical (unpaired) electrons. The van der Waals surface area contributed by atoms with Crippen molar-refractivity contribution < 1.29 is 61.1 Å². The highest BCUT2D eigenvalue weighted by atomic mass is 127. The van der Waals surface area contributed by atoms with E-state index in [4.69, 9.17) is 46.1 Å². The third kappa shape index (κ3) is 19.2. The molecule has 0 aromatic rings. The second-order valence-corrected chi connectivity index (χ2v) is 52.1.